The molecule has 116 valence electrons. The van der Waals surface area contributed by atoms with E-state index in [-0.39, 0.29) is 17.5 Å². The zero-order valence-electron chi connectivity index (χ0n) is 12.1. The highest BCUT2D eigenvalue weighted by Crippen LogP contribution is 2.29. The normalized spacial score (nSPS) is 24.9. The number of nitrogens with two attached hydrogens (primary N) is 1. The monoisotopic (exact) mass is 312 g/mol. The van der Waals surface area contributed by atoms with Crippen molar-refractivity contribution in [3.05, 3.63) is 29.8 Å². The molecule has 1 aliphatic rings. The number of hydrogen-bond donors (Lipinski definition) is 2. The summed E-state index contributed by atoms with van der Waals surface area (Å²) in [6, 6.07) is 6.66. The molecule has 1 fully saturated rings. The Balaban J connectivity index is 2.15. The molecule has 0 bridgehead atoms. The fourth-order valence-corrected chi connectivity index (χ4v) is 3.20. The van der Waals surface area contributed by atoms with Crippen LogP contribution in [0.5, 0.6) is 0 Å². The number of hydrogen-bond acceptors (Lipinski definition) is 5. The largest absolute Gasteiger partial charge is 0.480 e. The van der Waals surface area contributed by atoms with Crippen LogP contribution in [0.4, 0.5) is 0 Å². The highest BCUT2D eigenvalue weighted by Gasteiger charge is 2.42. The summed E-state index contributed by atoms with van der Waals surface area (Å²) in [5, 5.41) is 9.15. The predicted molar refractivity (Wildman–Crippen MR) is 78.7 cm³/mol. The summed E-state index contributed by atoms with van der Waals surface area (Å²) < 4.78 is 22.9. The number of benzene rings is 1. The van der Waals surface area contributed by atoms with E-state index in [0.717, 1.165) is 5.56 Å². The number of sulfone groups is 1. The lowest BCUT2D eigenvalue weighted by Gasteiger charge is -2.26. The van der Waals surface area contributed by atoms with Crippen LogP contribution >= 0.6 is 0 Å². The van der Waals surface area contributed by atoms with Gasteiger partial charge in [-0.15, -0.1) is 0 Å². The molecule has 2 atom stereocenters. The topological polar surface area (TPSA) is 101 Å². The molecule has 1 saturated heterocycles. The van der Waals surface area contributed by atoms with Crippen molar-refractivity contribution in [3.8, 4) is 0 Å². The molecule has 0 aromatic heterocycles. The second-order valence-electron chi connectivity index (χ2n) is 5.70. The Morgan fingerprint density at radius 1 is 1.38 bits per heavy atom. The molecular weight excluding hydrogens is 292 g/mol. The minimum absolute atomic E-state index is 0.0108. The van der Waals surface area contributed by atoms with E-state index in [1.165, 1.54) is 6.26 Å². The van der Waals surface area contributed by atoms with E-state index in [2.05, 4.69) is 0 Å². The molecule has 0 amide bonds. The van der Waals surface area contributed by atoms with Gasteiger partial charge < -0.3 is 10.8 Å². The summed E-state index contributed by atoms with van der Waals surface area (Å²) in [7, 11) is -3.21. The Kier molecular flexibility index (Phi) is 4.10. The van der Waals surface area contributed by atoms with Crippen molar-refractivity contribution in [3.63, 3.8) is 0 Å². The third-order valence-corrected chi connectivity index (χ3v) is 5.22. The molecule has 1 heterocycles. The molecule has 3 N–H and O–H groups in total. The van der Waals surface area contributed by atoms with Crippen molar-refractivity contribution in [1.82, 2.24) is 4.90 Å². The van der Waals surface area contributed by atoms with Gasteiger partial charge in [-0.3, -0.25) is 9.69 Å². The molecule has 1 aromatic carbocycles. The average molecular weight is 312 g/mol. The van der Waals surface area contributed by atoms with E-state index in [9.17, 15) is 13.2 Å². The second-order valence-corrected chi connectivity index (χ2v) is 7.71. The first kappa shape index (κ1) is 15.9. The van der Waals surface area contributed by atoms with Crippen molar-refractivity contribution in [2.24, 2.45) is 5.73 Å². The number of carboxylic acids is 1. The van der Waals surface area contributed by atoms with Gasteiger partial charge in [0.05, 0.1) is 4.90 Å². The summed E-state index contributed by atoms with van der Waals surface area (Å²) in [6.07, 6.45) is 1.58. The predicted octanol–water partition coefficient (Wildman–Crippen LogP) is 0.639. The maximum absolute atomic E-state index is 11.4. The fourth-order valence-electron chi connectivity index (χ4n) is 2.57. The van der Waals surface area contributed by atoms with E-state index in [0.29, 0.717) is 13.0 Å². The second kappa shape index (κ2) is 5.40. The molecule has 6 nitrogen and oxygen atoms in total. The summed E-state index contributed by atoms with van der Waals surface area (Å²) >= 11 is 0. The highest BCUT2D eigenvalue weighted by atomic mass is 32.2. The van der Waals surface area contributed by atoms with Gasteiger partial charge in [0.15, 0.2) is 9.84 Å². The number of nitrogens with zero attached hydrogens (tertiary/aromatic N) is 1. The lowest BCUT2D eigenvalue weighted by molar-refractivity contribution is -0.142. The maximum atomic E-state index is 11.4. The first-order valence-corrected chi connectivity index (χ1v) is 8.59. The molecule has 2 unspecified atom stereocenters. The Morgan fingerprint density at radius 2 is 1.95 bits per heavy atom. The standard InChI is InChI=1S/C14H20N2O4S/c1-10(16-8-7-14(15,9-16)13(17)18)11-3-5-12(6-4-11)21(2,19)20/h3-6,10H,7-9,15H2,1-2H3,(H,17,18). The van der Waals surface area contributed by atoms with Gasteiger partial charge in [-0.1, -0.05) is 12.1 Å². The van der Waals surface area contributed by atoms with E-state index >= 15 is 0 Å². The van der Waals surface area contributed by atoms with Gasteiger partial charge in [-0.2, -0.15) is 0 Å². The number of carbonyl (C=O) groups is 1. The van der Waals surface area contributed by atoms with Gasteiger partial charge in [-0.05, 0) is 31.0 Å². The minimum Gasteiger partial charge on any atom is -0.480 e. The van der Waals surface area contributed by atoms with Crippen LogP contribution in [0.3, 0.4) is 0 Å². The van der Waals surface area contributed by atoms with Crippen molar-refractivity contribution in [2.75, 3.05) is 19.3 Å². The van der Waals surface area contributed by atoms with E-state index < -0.39 is 21.3 Å². The quantitative estimate of drug-likeness (QED) is 0.846. The van der Waals surface area contributed by atoms with Crippen LogP contribution in [0.25, 0.3) is 0 Å². The molecule has 0 radical (unpaired) electrons. The average Bonchev–Trinajstić information content (AvgIpc) is 2.81. The van der Waals surface area contributed by atoms with Gasteiger partial charge in [0.25, 0.3) is 0 Å². The fraction of sp³-hybridized carbons (Fsp3) is 0.500. The smallest absolute Gasteiger partial charge is 0.325 e. The van der Waals surface area contributed by atoms with Crippen LogP contribution in [0, 0.1) is 0 Å². The van der Waals surface area contributed by atoms with E-state index in [4.69, 9.17) is 10.8 Å². The number of rotatable bonds is 4. The molecule has 21 heavy (non-hydrogen) atoms. The third-order valence-electron chi connectivity index (χ3n) is 4.09. The van der Waals surface area contributed by atoms with Crippen molar-refractivity contribution in [1.29, 1.82) is 0 Å². The van der Waals surface area contributed by atoms with Crippen LogP contribution in [-0.2, 0) is 14.6 Å². The highest BCUT2D eigenvalue weighted by molar-refractivity contribution is 7.90. The Morgan fingerprint density at radius 3 is 2.38 bits per heavy atom. The van der Waals surface area contributed by atoms with Crippen molar-refractivity contribution >= 4 is 15.8 Å². The SMILES string of the molecule is CC(c1ccc(S(C)(=O)=O)cc1)N1CCC(N)(C(=O)O)C1. The van der Waals surface area contributed by atoms with Crippen molar-refractivity contribution < 1.29 is 18.3 Å². The zero-order chi connectivity index (χ0) is 15.8. The number of aliphatic carboxylic acids is 1. The van der Waals surface area contributed by atoms with Crippen LogP contribution < -0.4 is 5.73 Å². The molecular formula is C14H20N2O4S. The molecule has 0 spiro atoms. The minimum atomic E-state index is -3.21. The molecule has 1 aromatic rings. The molecule has 0 aliphatic carbocycles. The van der Waals surface area contributed by atoms with Crippen LogP contribution in [-0.4, -0.2) is 49.3 Å². The molecule has 1 aliphatic heterocycles. The number of carboxylic acid groups (broad SMARTS) is 1. The van der Waals surface area contributed by atoms with E-state index in [1.54, 1.807) is 24.3 Å². The van der Waals surface area contributed by atoms with Gasteiger partial charge in [0, 0.05) is 25.4 Å². The van der Waals surface area contributed by atoms with Crippen molar-refractivity contribution in [2.45, 2.75) is 29.8 Å². The van der Waals surface area contributed by atoms with Gasteiger partial charge in [0.2, 0.25) is 0 Å². The Hall–Kier alpha value is -1.44. The summed E-state index contributed by atoms with van der Waals surface area (Å²) in [5.74, 6) is -0.982. The Bertz CT molecular complexity index is 641. The Labute approximate surface area is 124 Å². The third kappa shape index (κ3) is 3.25. The van der Waals surface area contributed by atoms with Gasteiger partial charge in [-0.25, -0.2) is 8.42 Å². The molecule has 0 saturated carbocycles. The first-order valence-electron chi connectivity index (χ1n) is 6.70. The van der Waals surface area contributed by atoms with Gasteiger partial charge in [0.1, 0.15) is 5.54 Å². The van der Waals surface area contributed by atoms with Crippen LogP contribution in [0.15, 0.2) is 29.2 Å². The number of likely N-dealkylation sites (tertiary alicyclic amines) is 1. The first-order chi connectivity index (χ1) is 9.63. The van der Waals surface area contributed by atoms with Gasteiger partial charge >= 0.3 is 5.97 Å². The lowest BCUT2D eigenvalue weighted by atomic mass is 10.0. The molecule has 7 heteroatoms. The summed E-state index contributed by atoms with van der Waals surface area (Å²) in [6.45, 7) is 2.86. The lowest BCUT2D eigenvalue weighted by Crippen LogP contribution is -2.50. The van der Waals surface area contributed by atoms with E-state index in [1.807, 2.05) is 11.8 Å². The summed E-state index contributed by atoms with van der Waals surface area (Å²) in [5.41, 5.74) is 5.62. The summed E-state index contributed by atoms with van der Waals surface area (Å²) in [4.78, 5) is 13.4. The maximum Gasteiger partial charge on any atom is 0.325 e. The zero-order valence-corrected chi connectivity index (χ0v) is 12.9. The molecule has 2 rings (SSSR count). The van der Waals surface area contributed by atoms with Crippen LogP contribution in [0.2, 0.25) is 0 Å². The van der Waals surface area contributed by atoms with Crippen LogP contribution in [0.1, 0.15) is 24.9 Å².